The third-order valence-electron chi connectivity index (χ3n) is 3.34. The maximum Gasteiger partial charge on any atom is 0.269 e. The Labute approximate surface area is 128 Å². The third-order valence-corrected chi connectivity index (χ3v) is 4.03. The zero-order valence-electron chi connectivity index (χ0n) is 12.9. The summed E-state index contributed by atoms with van der Waals surface area (Å²) in [7, 11) is 0. The van der Waals surface area contributed by atoms with E-state index in [0.29, 0.717) is 12.5 Å². The second kappa shape index (κ2) is 6.80. The normalized spacial score (nSPS) is 11.1. The summed E-state index contributed by atoms with van der Waals surface area (Å²) in [5, 5.41) is 10.6. The highest BCUT2D eigenvalue weighted by Gasteiger charge is 2.13. The smallest absolute Gasteiger partial charge is 0.269 e. The molecule has 0 spiro atoms. The minimum absolute atomic E-state index is 0.134. The number of aryl methyl sites for hydroxylation is 1. The van der Waals surface area contributed by atoms with Crippen molar-refractivity contribution in [3.05, 3.63) is 33.0 Å². The summed E-state index contributed by atoms with van der Waals surface area (Å²) in [5.74, 6) is 1.13. The van der Waals surface area contributed by atoms with Crippen LogP contribution in [0.2, 0.25) is 0 Å². The van der Waals surface area contributed by atoms with Crippen molar-refractivity contribution in [2.45, 2.75) is 53.0 Å². The molecule has 2 aromatic heterocycles. The fraction of sp³-hybridized carbons (Fsp3) is 0.571. The van der Waals surface area contributed by atoms with Gasteiger partial charge in [0, 0.05) is 29.6 Å². The Hall–Kier alpha value is -1.76. The van der Waals surface area contributed by atoms with Crippen LogP contribution in [-0.2, 0) is 19.4 Å². The molecule has 6 nitrogen and oxygen atoms in total. The van der Waals surface area contributed by atoms with Crippen LogP contribution >= 0.6 is 11.5 Å². The monoisotopic (exact) mass is 307 g/mol. The summed E-state index contributed by atoms with van der Waals surface area (Å²) >= 11 is 1.33. The zero-order valence-corrected chi connectivity index (χ0v) is 13.7. The first-order valence-electron chi connectivity index (χ1n) is 7.23. The van der Waals surface area contributed by atoms with Gasteiger partial charge in [-0.15, -0.1) is 0 Å². The second-order valence-corrected chi connectivity index (χ2v) is 5.88. The number of aromatic amines is 1. The second-order valence-electron chi connectivity index (χ2n) is 5.13. The van der Waals surface area contributed by atoms with Crippen LogP contribution in [0.4, 0.5) is 5.13 Å². The number of hydrogen-bond acceptors (Lipinski definition) is 6. The molecule has 0 fully saturated rings. The summed E-state index contributed by atoms with van der Waals surface area (Å²) in [4.78, 5) is 16.4. The molecule has 114 valence electrons. The lowest BCUT2D eigenvalue weighted by molar-refractivity contribution is 0.797. The molecule has 0 atom stereocenters. The van der Waals surface area contributed by atoms with E-state index in [1.54, 1.807) is 0 Å². The first-order valence-corrected chi connectivity index (χ1v) is 8.00. The van der Waals surface area contributed by atoms with Crippen LogP contribution in [0.1, 0.15) is 56.3 Å². The molecule has 0 saturated carbocycles. The Bertz CT molecular complexity index is 662. The molecule has 0 radical (unpaired) electrons. The molecular weight excluding hydrogens is 286 g/mol. The first kappa shape index (κ1) is 15.6. The lowest BCUT2D eigenvalue weighted by Crippen LogP contribution is -2.22. The molecule has 0 aromatic carbocycles. The lowest BCUT2D eigenvalue weighted by atomic mass is 10.0. The maximum atomic E-state index is 12.0. The van der Waals surface area contributed by atoms with E-state index in [1.807, 2.05) is 13.8 Å². The molecule has 2 rings (SSSR count). The summed E-state index contributed by atoms with van der Waals surface area (Å²) in [6, 6.07) is 0. The van der Waals surface area contributed by atoms with Gasteiger partial charge in [-0.1, -0.05) is 27.7 Å². The standard InChI is InChI=1S/C14H21N5OS/c1-5-9-10(13(20)18-17-11(9)6-2)7-15-14-16-12(8(3)4)19-21-14/h8H,5-7H2,1-4H3,(H,18,20)(H,15,16,19). The predicted octanol–water partition coefficient (Wildman–Crippen LogP) is 2.48. The quantitative estimate of drug-likeness (QED) is 0.856. The zero-order chi connectivity index (χ0) is 15.4. The average molecular weight is 307 g/mol. The van der Waals surface area contributed by atoms with Crippen molar-refractivity contribution in [3.63, 3.8) is 0 Å². The van der Waals surface area contributed by atoms with Crippen LogP contribution in [0.25, 0.3) is 0 Å². The average Bonchev–Trinajstić information content (AvgIpc) is 2.94. The summed E-state index contributed by atoms with van der Waals surface area (Å²) in [6.07, 6.45) is 1.60. The van der Waals surface area contributed by atoms with E-state index in [9.17, 15) is 4.79 Å². The van der Waals surface area contributed by atoms with Gasteiger partial charge in [0.05, 0.1) is 5.69 Å². The van der Waals surface area contributed by atoms with Crippen LogP contribution in [0.5, 0.6) is 0 Å². The summed E-state index contributed by atoms with van der Waals surface area (Å²) in [6.45, 7) is 8.64. The van der Waals surface area contributed by atoms with Gasteiger partial charge in [0.25, 0.3) is 5.56 Å². The van der Waals surface area contributed by atoms with Crippen molar-refractivity contribution in [3.8, 4) is 0 Å². The summed E-state index contributed by atoms with van der Waals surface area (Å²) in [5.41, 5.74) is 2.59. The van der Waals surface area contributed by atoms with Crippen LogP contribution in [0.3, 0.4) is 0 Å². The van der Waals surface area contributed by atoms with Gasteiger partial charge in [0.15, 0.2) is 0 Å². The minimum atomic E-state index is -0.134. The van der Waals surface area contributed by atoms with Gasteiger partial charge in [-0.25, -0.2) is 10.1 Å². The first-order chi connectivity index (χ1) is 10.1. The van der Waals surface area contributed by atoms with Gasteiger partial charge >= 0.3 is 0 Å². The van der Waals surface area contributed by atoms with E-state index in [0.717, 1.165) is 40.6 Å². The molecule has 0 aliphatic heterocycles. The van der Waals surface area contributed by atoms with E-state index < -0.39 is 0 Å². The molecule has 2 aromatic rings. The van der Waals surface area contributed by atoms with Gasteiger partial charge in [0.1, 0.15) is 5.82 Å². The van der Waals surface area contributed by atoms with Gasteiger partial charge < -0.3 is 5.32 Å². The Balaban J connectivity index is 2.21. The number of nitrogens with zero attached hydrogens (tertiary/aromatic N) is 3. The van der Waals surface area contributed by atoms with E-state index in [2.05, 4.69) is 38.7 Å². The number of H-pyrrole nitrogens is 1. The number of rotatable bonds is 6. The van der Waals surface area contributed by atoms with Gasteiger partial charge in [-0.3, -0.25) is 4.79 Å². The van der Waals surface area contributed by atoms with Crippen LogP contribution < -0.4 is 10.9 Å². The molecule has 7 heteroatoms. The SMILES string of the molecule is CCc1n[nH]c(=O)c(CNc2nc(C(C)C)ns2)c1CC. The fourth-order valence-electron chi connectivity index (χ4n) is 2.17. The molecule has 2 N–H and O–H groups in total. The fourth-order valence-corrected chi connectivity index (χ4v) is 2.87. The Morgan fingerprint density at radius 3 is 2.57 bits per heavy atom. The van der Waals surface area contributed by atoms with Crippen molar-refractivity contribution in [1.82, 2.24) is 19.6 Å². The van der Waals surface area contributed by atoms with Crippen LogP contribution in [0, 0.1) is 0 Å². The largest absolute Gasteiger partial charge is 0.356 e. The van der Waals surface area contributed by atoms with Crippen molar-refractivity contribution in [2.24, 2.45) is 0 Å². The van der Waals surface area contributed by atoms with Gasteiger partial charge in [0.2, 0.25) is 5.13 Å². The Morgan fingerprint density at radius 1 is 1.24 bits per heavy atom. The van der Waals surface area contributed by atoms with Crippen molar-refractivity contribution in [1.29, 1.82) is 0 Å². The van der Waals surface area contributed by atoms with E-state index in [-0.39, 0.29) is 5.56 Å². The highest BCUT2D eigenvalue weighted by atomic mass is 32.1. The van der Waals surface area contributed by atoms with E-state index in [4.69, 9.17) is 0 Å². The van der Waals surface area contributed by atoms with E-state index >= 15 is 0 Å². The Kier molecular flexibility index (Phi) is 5.06. The van der Waals surface area contributed by atoms with Gasteiger partial charge in [-0.05, 0) is 18.4 Å². The predicted molar refractivity (Wildman–Crippen MR) is 84.9 cm³/mol. The molecule has 0 aliphatic rings. The van der Waals surface area contributed by atoms with Crippen LogP contribution in [0.15, 0.2) is 4.79 Å². The third kappa shape index (κ3) is 3.47. The topological polar surface area (TPSA) is 83.6 Å². The minimum Gasteiger partial charge on any atom is -0.356 e. The molecule has 0 saturated heterocycles. The number of hydrogen-bond donors (Lipinski definition) is 2. The van der Waals surface area contributed by atoms with E-state index in [1.165, 1.54) is 11.5 Å². The van der Waals surface area contributed by atoms with Crippen molar-refractivity contribution in [2.75, 3.05) is 5.32 Å². The van der Waals surface area contributed by atoms with Crippen molar-refractivity contribution < 1.29 is 0 Å². The molecule has 0 amide bonds. The van der Waals surface area contributed by atoms with Gasteiger partial charge in [-0.2, -0.15) is 9.47 Å². The highest BCUT2D eigenvalue weighted by Crippen LogP contribution is 2.18. The molecule has 2 heterocycles. The number of aromatic nitrogens is 4. The molecular formula is C14H21N5OS. The molecule has 0 bridgehead atoms. The lowest BCUT2D eigenvalue weighted by Gasteiger charge is -2.10. The maximum absolute atomic E-state index is 12.0. The highest BCUT2D eigenvalue weighted by molar-refractivity contribution is 7.09. The molecule has 0 aliphatic carbocycles. The number of anilines is 1. The van der Waals surface area contributed by atoms with Crippen molar-refractivity contribution >= 4 is 16.7 Å². The van der Waals surface area contributed by atoms with Crippen LogP contribution in [-0.4, -0.2) is 19.6 Å². The number of nitrogens with one attached hydrogen (secondary N) is 2. The Morgan fingerprint density at radius 2 is 2.00 bits per heavy atom. The summed E-state index contributed by atoms with van der Waals surface area (Å²) < 4.78 is 4.30. The molecule has 21 heavy (non-hydrogen) atoms. The molecule has 0 unspecified atom stereocenters.